The molecule has 6 heteroatoms. The fraction of sp³-hybridized carbons (Fsp3) is 0.667. The van der Waals surface area contributed by atoms with E-state index in [-0.39, 0.29) is 17.8 Å². The Bertz CT molecular complexity index is 286. The zero-order chi connectivity index (χ0) is 11.3. The first-order chi connectivity index (χ1) is 7.13. The molecule has 1 unspecified atom stereocenters. The van der Waals surface area contributed by atoms with Crippen molar-refractivity contribution in [3.8, 4) is 0 Å². The Labute approximate surface area is 88.8 Å². The number of rotatable bonds is 4. The molecule has 0 radical (unpaired) electrons. The monoisotopic (exact) mass is 211 g/mol. The number of hydrogen-bond donors (Lipinski definition) is 4. The number of nitrogens with one attached hydrogen (secondary N) is 3. The Balaban J connectivity index is 2.26. The van der Waals surface area contributed by atoms with E-state index in [2.05, 4.69) is 15.6 Å². The van der Waals surface area contributed by atoms with Crippen LogP contribution in [-0.4, -0.2) is 37.2 Å². The van der Waals surface area contributed by atoms with E-state index in [1.54, 1.807) is 7.05 Å². The number of amidine groups is 2. The summed E-state index contributed by atoms with van der Waals surface area (Å²) in [6.45, 7) is 0.422. The number of nitrogens with two attached hydrogens (primary N) is 1. The summed E-state index contributed by atoms with van der Waals surface area (Å²) in [5.41, 5.74) is 5.17. The lowest BCUT2D eigenvalue weighted by atomic mass is 10.2. The Morgan fingerprint density at radius 2 is 2.53 bits per heavy atom. The molecular weight excluding hydrogens is 194 g/mol. The molecule has 1 rings (SSSR count). The lowest BCUT2D eigenvalue weighted by Gasteiger charge is -2.10. The molecule has 0 aliphatic carbocycles. The van der Waals surface area contributed by atoms with Crippen molar-refractivity contribution in [2.75, 3.05) is 13.6 Å². The molecule has 1 atom stereocenters. The molecule has 1 aliphatic heterocycles. The zero-order valence-electron chi connectivity index (χ0n) is 8.84. The van der Waals surface area contributed by atoms with Crippen LogP contribution >= 0.6 is 0 Å². The van der Waals surface area contributed by atoms with Crippen molar-refractivity contribution < 1.29 is 4.79 Å². The number of amides is 1. The summed E-state index contributed by atoms with van der Waals surface area (Å²) in [4.78, 5) is 15.5. The van der Waals surface area contributed by atoms with Crippen LogP contribution in [0.4, 0.5) is 0 Å². The molecule has 1 heterocycles. The smallest absolute Gasteiger partial charge is 0.242 e. The first-order valence-corrected chi connectivity index (χ1v) is 4.96. The summed E-state index contributed by atoms with van der Waals surface area (Å²) in [5, 5.41) is 12.8. The molecule has 1 amide bonds. The molecule has 1 saturated heterocycles. The van der Waals surface area contributed by atoms with Gasteiger partial charge in [-0.3, -0.25) is 15.2 Å². The lowest BCUT2D eigenvalue weighted by molar-refractivity contribution is -0.122. The Kier molecular flexibility index (Phi) is 4.08. The fourth-order valence-electron chi connectivity index (χ4n) is 1.44. The molecule has 15 heavy (non-hydrogen) atoms. The minimum atomic E-state index is -0.185. The van der Waals surface area contributed by atoms with Gasteiger partial charge in [0.1, 0.15) is 6.04 Å². The highest BCUT2D eigenvalue weighted by Crippen LogP contribution is 2.07. The van der Waals surface area contributed by atoms with Gasteiger partial charge < -0.3 is 16.4 Å². The van der Waals surface area contributed by atoms with Crippen molar-refractivity contribution in [1.29, 1.82) is 5.41 Å². The normalized spacial score (nSPS) is 22.5. The van der Waals surface area contributed by atoms with E-state index in [9.17, 15) is 4.79 Å². The summed E-state index contributed by atoms with van der Waals surface area (Å²) in [6.07, 6.45) is 1.99. The van der Waals surface area contributed by atoms with Crippen LogP contribution in [0.25, 0.3) is 0 Å². The van der Waals surface area contributed by atoms with Gasteiger partial charge >= 0.3 is 0 Å². The van der Waals surface area contributed by atoms with Crippen molar-refractivity contribution in [2.45, 2.75) is 25.3 Å². The SMILES string of the molecule is CN=C1CCC(C(=O)NCCC(=N)N)N1. The second kappa shape index (κ2) is 5.33. The average Bonchev–Trinajstić information content (AvgIpc) is 2.65. The molecule has 0 bridgehead atoms. The number of nitrogens with zero attached hydrogens (tertiary/aromatic N) is 1. The van der Waals surface area contributed by atoms with Crippen LogP contribution in [-0.2, 0) is 4.79 Å². The highest BCUT2D eigenvalue weighted by atomic mass is 16.2. The quantitative estimate of drug-likeness (QED) is 0.362. The van der Waals surface area contributed by atoms with Crippen molar-refractivity contribution >= 4 is 17.6 Å². The molecule has 84 valence electrons. The topological polar surface area (TPSA) is 103 Å². The molecule has 1 aliphatic rings. The van der Waals surface area contributed by atoms with Gasteiger partial charge in [0, 0.05) is 26.4 Å². The molecule has 0 aromatic heterocycles. The van der Waals surface area contributed by atoms with Crippen molar-refractivity contribution in [3.63, 3.8) is 0 Å². The second-order valence-corrected chi connectivity index (χ2v) is 3.47. The maximum atomic E-state index is 11.5. The predicted molar refractivity (Wildman–Crippen MR) is 59.1 cm³/mol. The predicted octanol–water partition coefficient (Wildman–Crippen LogP) is -0.791. The summed E-state index contributed by atoms with van der Waals surface area (Å²) < 4.78 is 0. The van der Waals surface area contributed by atoms with Gasteiger partial charge in [0.25, 0.3) is 0 Å². The zero-order valence-corrected chi connectivity index (χ0v) is 8.84. The molecule has 0 spiro atoms. The molecule has 5 N–H and O–H groups in total. The van der Waals surface area contributed by atoms with E-state index >= 15 is 0 Å². The van der Waals surface area contributed by atoms with Gasteiger partial charge in [0.15, 0.2) is 0 Å². The molecule has 0 aromatic rings. The fourth-order valence-corrected chi connectivity index (χ4v) is 1.44. The lowest BCUT2D eigenvalue weighted by Crippen LogP contribution is -2.42. The van der Waals surface area contributed by atoms with E-state index < -0.39 is 0 Å². The van der Waals surface area contributed by atoms with E-state index in [1.165, 1.54) is 0 Å². The number of aliphatic imine (C=N–C) groups is 1. The van der Waals surface area contributed by atoms with Crippen LogP contribution in [0.5, 0.6) is 0 Å². The molecule has 0 aromatic carbocycles. The molecule has 0 saturated carbocycles. The van der Waals surface area contributed by atoms with Crippen LogP contribution in [0.1, 0.15) is 19.3 Å². The van der Waals surface area contributed by atoms with E-state index in [1.807, 2.05) is 0 Å². The number of hydrogen-bond acceptors (Lipinski definition) is 3. The largest absolute Gasteiger partial charge is 0.388 e. The number of carbonyl (C=O) groups excluding carboxylic acids is 1. The first kappa shape index (κ1) is 11.5. The van der Waals surface area contributed by atoms with Gasteiger partial charge in [-0.15, -0.1) is 0 Å². The van der Waals surface area contributed by atoms with E-state index in [4.69, 9.17) is 11.1 Å². The van der Waals surface area contributed by atoms with Gasteiger partial charge in [0.2, 0.25) is 5.91 Å². The minimum absolute atomic E-state index is 0.0464. The standard InChI is InChI=1S/C9H17N5O/c1-12-8-3-2-6(14-8)9(15)13-5-4-7(10)11/h6H,2-5H2,1H3,(H3,10,11)(H,12,14)(H,13,15). The number of carbonyl (C=O) groups is 1. The molecule has 6 nitrogen and oxygen atoms in total. The summed E-state index contributed by atoms with van der Waals surface area (Å²) in [6, 6.07) is -0.185. The summed E-state index contributed by atoms with van der Waals surface area (Å²) in [7, 11) is 1.71. The minimum Gasteiger partial charge on any atom is -0.388 e. The van der Waals surface area contributed by atoms with Gasteiger partial charge in [-0.1, -0.05) is 0 Å². The van der Waals surface area contributed by atoms with Gasteiger partial charge in [0.05, 0.1) is 11.7 Å². The molecule has 1 fully saturated rings. The summed E-state index contributed by atoms with van der Waals surface area (Å²) >= 11 is 0. The maximum absolute atomic E-state index is 11.5. The van der Waals surface area contributed by atoms with Crippen LogP contribution in [0.3, 0.4) is 0 Å². The van der Waals surface area contributed by atoms with Crippen molar-refractivity contribution in [3.05, 3.63) is 0 Å². The Hall–Kier alpha value is -1.59. The maximum Gasteiger partial charge on any atom is 0.242 e. The van der Waals surface area contributed by atoms with Gasteiger partial charge in [-0.2, -0.15) is 0 Å². The highest BCUT2D eigenvalue weighted by molar-refractivity contribution is 5.93. The van der Waals surface area contributed by atoms with Crippen molar-refractivity contribution in [1.82, 2.24) is 10.6 Å². The Morgan fingerprint density at radius 1 is 1.80 bits per heavy atom. The third-order valence-electron chi connectivity index (χ3n) is 2.29. The Morgan fingerprint density at radius 3 is 3.07 bits per heavy atom. The summed E-state index contributed by atoms with van der Waals surface area (Å²) in [5.74, 6) is 0.919. The molecular formula is C9H17N5O. The first-order valence-electron chi connectivity index (χ1n) is 4.96. The third kappa shape index (κ3) is 3.57. The highest BCUT2D eigenvalue weighted by Gasteiger charge is 2.25. The van der Waals surface area contributed by atoms with Crippen molar-refractivity contribution in [2.24, 2.45) is 10.7 Å². The second-order valence-electron chi connectivity index (χ2n) is 3.47. The van der Waals surface area contributed by atoms with E-state index in [0.717, 1.165) is 18.7 Å². The van der Waals surface area contributed by atoms with E-state index in [0.29, 0.717) is 13.0 Å². The van der Waals surface area contributed by atoms with Gasteiger partial charge in [-0.25, -0.2) is 0 Å². The van der Waals surface area contributed by atoms with Crippen LogP contribution in [0.2, 0.25) is 0 Å². The van der Waals surface area contributed by atoms with Crippen LogP contribution in [0, 0.1) is 5.41 Å². The average molecular weight is 211 g/mol. The van der Waals surface area contributed by atoms with Gasteiger partial charge in [-0.05, 0) is 6.42 Å². The van der Waals surface area contributed by atoms with Crippen LogP contribution < -0.4 is 16.4 Å². The third-order valence-corrected chi connectivity index (χ3v) is 2.29. The van der Waals surface area contributed by atoms with Crippen LogP contribution in [0.15, 0.2) is 4.99 Å².